The molecule has 68 heavy (non-hydrogen) atoms. The SMILES string of the molecule is COc1cc(N2CCC(N3CCN(C(=O)CCCCCCCc4cccc5c4C(=O)N(C4CCC(=O)NC4=O)C5=O)CC3)CC2)ccc1Cc1ncnc(Cc2ccccc2S(=O)(=O)C(C)C)n1. The molecule has 17 heteroatoms. The van der Waals surface area contributed by atoms with Crippen molar-refractivity contribution in [2.45, 2.75) is 120 Å². The number of aromatic nitrogens is 3. The maximum absolute atomic E-state index is 13.4. The summed E-state index contributed by atoms with van der Waals surface area (Å²) >= 11 is 0. The third-order valence-electron chi connectivity index (χ3n) is 13.9. The molecule has 1 atom stereocenters. The zero-order valence-electron chi connectivity index (χ0n) is 39.3. The summed E-state index contributed by atoms with van der Waals surface area (Å²) in [7, 11) is -1.80. The number of sulfone groups is 1. The molecule has 0 radical (unpaired) electrons. The Kier molecular flexibility index (Phi) is 15.3. The van der Waals surface area contributed by atoms with Gasteiger partial charge >= 0.3 is 0 Å². The Labute approximate surface area is 398 Å². The number of unbranched alkanes of at least 4 members (excludes halogenated alkanes) is 4. The number of rotatable bonds is 18. The van der Waals surface area contributed by atoms with Crippen LogP contribution in [0, 0.1) is 0 Å². The van der Waals surface area contributed by atoms with Crippen molar-refractivity contribution in [1.29, 1.82) is 0 Å². The highest BCUT2D eigenvalue weighted by Crippen LogP contribution is 2.33. The van der Waals surface area contributed by atoms with E-state index in [1.54, 1.807) is 45.2 Å². The molecule has 3 fully saturated rings. The van der Waals surface area contributed by atoms with Crippen LogP contribution in [0.25, 0.3) is 0 Å². The number of piperazine rings is 1. The second-order valence-corrected chi connectivity index (χ2v) is 21.0. The maximum Gasteiger partial charge on any atom is 0.262 e. The number of fused-ring (bicyclic) bond motifs is 1. The largest absolute Gasteiger partial charge is 0.496 e. The standard InChI is InChI=1S/C51H62N8O8S/c1-34(2)68(65,66)43-16-10-9-13-37(43)31-45-53-33-52-44(54-45)30-36-18-19-39(32-42(36)67-3)56-24-22-38(23-25-56)57-26-28-58(29-27-57)47(61)17-8-6-4-5-7-12-35-14-11-15-40-48(35)51(64)59(50(40)63)41-20-21-46(60)55-49(41)62/h9-11,13-16,18-19,32-34,38,41H,4-8,12,17,20-31H2,1-3H3,(H,55,60,62). The highest BCUT2D eigenvalue weighted by molar-refractivity contribution is 7.92. The van der Waals surface area contributed by atoms with Crippen LogP contribution in [0.4, 0.5) is 5.69 Å². The van der Waals surface area contributed by atoms with E-state index in [4.69, 9.17) is 9.72 Å². The highest BCUT2D eigenvalue weighted by atomic mass is 32.2. The second kappa shape index (κ2) is 21.5. The Morgan fingerprint density at radius 1 is 0.779 bits per heavy atom. The third kappa shape index (κ3) is 10.8. The first-order valence-electron chi connectivity index (χ1n) is 24.1. The van der Waals surface area contributed by atoms with Crippen molar-refractivity contribution < 1.29 is 37.1 Å². The fraction of sp³-hybridized carbons (Fsp3) is 0.490. The van der Waals surface area contributed by atoms with E-state index in [0.29, 0.717) is 58.5 Å². The first-order chi connectivity index (χ1) is 32.8. The van der Waals surface area contributed by atoms with Gasteiger partial charge in [0.25, 0.3) is 11.8 Å². The number of benzene rings is 3. The van der Waals surface area contributed by atoms with E-state index in [9.17, 15) is 32.4 Å². The molecule has 0 spiro atoms. The molecule has 5 heterocycles. The monoisotopic (exact) mass is 946 g/mol. The van der Waals surface area contributed by atoms with Gasteiger partial charge in [-0.15, -0.1) is 0 Å². The van der Waals surface area contributed by atoms with Gasteiger partial charge < -0.3 is 14.5 Å². The van der Waals surface area contributed by atoms with Crippen molar-refractivity contribution in [3.63, 3.8) is 0 Å². The molecule has 0 aliphatic carbocycles. The van der Waals surface area contributed by atoms with Gasteiger partial charge in [0.1, 0.15) is 29.8 Å². The average molecular weight is 947 g/mol. The van der Waals surface area contributed by atoms with Crippen LogP contribution >= 0.6 is 0 Å². The summed E-state index contributed by atoms with van der Waals surface area (Å²) in [6.07, 6.45) is 10.2. The Bertz CT molecular complexity index is 2640. The minimum absolute atomic E-state index is 0.0868. The van der Waals surface area contributed by atoms with Gasteiger partial charge in [0.2, 0.25) is 17.7 Å². The number of nitrogens with zero attached hydrogens (tertiary/aromatic N) is 7. The van der Waals surface area contributed by atoms with E-state index in [-0.39, 0.29) is 25.2 Å². The zero-order valence-corrected chi connectivity index (χ0v) is 40.1. The molecule has 8 rings (SSSR count). The van der Waals surface area contributed by atoms with E-state index in [1.165, 1.54) is 6.33 Å². The van der Waals surface area contributed by atoms with Gasteiger partial charge in [-0.25, -0.2) is 23.4 Å². The molecule has 4 aliphatic rings. The molecule has 3 saturated heterocycles. The number of amides is 5. The topological polar surface area (TPSA) is 192 Å². The minimum Gasteiger partial charge on any atom is -0.496 e. The third-order valence-corrected chi connectivity index (χ3v) is 16.2. The quantitative estimate of drug-likeness (QED) is 0.0994. The number of carbonyl (C=O) groups is 5. The van der Waals surface area contributed by atoms with Crippen LogP contribution in [0.1, 0.15) is 127 Å². The van der Waals surface area contributed by atoms with Gasteiger partial charge in [-0.3, -0.25) is 39.1 Å². The zero-order chi connectivity index (χ0) is 48.0. The minimum atomic E-state index is -3.47. The second-order valence-electron chi connectivity index (χ2n) is 18.6. The van der Waals surface area contributed by atoms with E-state index in [0.717, 1.165) is 112 Å². The Balaban J connectivity index is 0.734. The summed E-state index contributed by atoms with van der Waals surface area (Å²) in [4.78, 5) is 85.6. The van der Waals surface area contributed by atoms with E-state index in [2.05, 4.69) is 43.3 Å². The van der Waals surface area contributed by atoms with Gasteiger partial charge in [-0.2, -0.15) is 0 Å². The Morgan fingerprint density at radius 2 is 1.47 bits per heavy atom. The number of methoxy groups -OCH3 is 1. The molecule has 1 N–H and O–H groups in total. The molecular weight excluding hydrogens is 885 g/mol. The lowest BCUT2D eigenvalue weighted by Gasteiger charge is -2.43. The van der Waals surface area contributed by atoms with Crippen molar-refractivity contribution >= 4 is 45.1 Å². The number of hydrogen-bond donors (Lipinski definition) is 1. The van der Waals surface area contributed by atoms with Crippen LogP contribution in [-0.2, 0) is 43.5 Å². The predicted molar refractivity (Wildman–Crippen MR) is 255 cm³/mol. The highest BCUT2D eigenvalue weighted by Gasteiger charge is 2.45. The fourth-order valence-electron chi connectivity index (χ4n) is 10.0. The molecule has 5 amide bonds. The lowest BCUT2D eigenvalue weighted by atomic mass is 9.97. The molecule has 16 nitrogen and oxygen atoms in total. The van der Waals surface area contributed by atoms with Crippen LogP contribution in [-0.4, -0.2) is 131 Å². The van der Waals surface area contributed by atoms with Crippen LogP contribution in [0.2, 0.25) is 0 Å². The fourth-order valence-corrected chi connectivity index (χ4v) is 11.3. The van der Waals surface area contributed by atoms with Gasteiger partial charge in [-0.05, 0) is 81.7 Å². The first kappa shape index (κ1) is 48.4. The summed E-state index contributed by atoms with van der Waals surface area (Å²) in [5, 5.41) is 1.70. The number of hydrogen-bond acceptors (Lipinski definition) is 13. The van der Waals surface area contributed by atoms with Crippen molar-refractivity contribution in [3.8, 4) is 5.75 Å². The number of nitrogens with one attached hydrogen (secondary N) is 1. The smallest absolute Gasteiger partial charge is 0.262 e. The number of imide groups is 2. The average Bonchev–Trinajstić information content (AvgIpc) is 3.60. The molecular formula is C51H62N8O8S. The summed E-state index contributed by atoms with van der Waals surface area (Å²) in [6.45, 7) is 8.46. The van der Waals surface area contributed by atoms with E-state index < -0.39 is 44.8 Å². The predicted octanol–water partition coefficient (Wildman–Crippen LogP) is 5.34. The first-order valence-corrected chi connectivity index (χ1v) is 25.6. The maximum atomic E-state index is 13.4. The van der Waals surface area contributed by atoms with Crippen molar-refractivity contribution in [1.82, 2.24) is 35.0 Å². The molecule has 4 aliphatic heterocycles. The summed E-state index contributed by atoms with van der Waals surface area (Å²) in [5.74, 6) is 0.101. The summed E-state index contributed by atoms with van der Waals surface area (Å²) in [6, 6.07) is 18.1. The lowest BCUT2D eigenvalue weighted by Crippen LogP contribution is -2.54. The summed E-state index contributed by atoms with van der Waals surface area (Å²) < 4.78 is 31.9. The lowest BCUT2D eigenvalue weighted by molar-refractivity contribution is -0.136. The molecule has 1 aromatic heterocycles. The molecule has 4 aromatic rings. The van der Waals surface area contributed by atoms with Gasteiger partial charge in [0.15, 0.2) is 9.84 Å². The van der Waals surface area contributed by atoms with Crippen molar-refractivity contribution in [3.05, 3.63) is 106 Å². The van der Waals surface area contributed by atoms with Crippen LogP contribution in [0.15, 0.2) is 71.9 Å². The van der Waals surface area contributed by atoms with Gasteiger partial charge in [0, 0.05) is 88.3 Å². The number of carbonyl (C=O) groups excluding carboxylic acids is 5. The molecule has 360 valence electrons. The number of piperidine rings is 2. The van der Waals surface area contributed by atoms with Crippen molar-refractivity contribution in [2.24, 2.45) is 0 Å². The molecule has 3 aromatic carbocycles. The Hall–Kier alpha value is -6.07. The van der Waals surface area contributed by atoms with Gasteiger partial charge in [0.05, 0.1) is 28.4 Å². The summed E-state index contributed by atoms with van der Waals surface area (Å²) in [5.41, 5.74) is 4.19. The van der Waals surface area contributed by atoms with Crippen LogP contribution in [0.5, 0.6) is 5.75 Å². The van der Waals surface area contributed by atoms with Crippen LogP contribution in [0.3, 0.4) is 0 Å². The Morgan fingerprint density at radius 3 is 2.19 bits per heavy atom. The van der Waals surface area contributed by atoms with E-state index >= 15 is 0 Å². The normalized spacial score (nSPS) is 18.4. The molecule has 1 unspecified atom stereocenters. The number of aryl methyl sites for hydroxylation is 1. The van der Waals surface area contributed by atoms with E-state index in [1.807, 2.05) is 23.1 Å². The number of anilines is 1. The molecule has 0 saturated carbocycles. The van der Waals surface area contributed by atoms with Gasteiger partial charge in [-0.1, -0.05) is 55.7 Å². The van der Waals surface area contributed by atoms with Crippen LogP contribution < -0.4 is 15.0 Å². The molecule has 0 bridgehead atoms. The number of ether oxygens (including phenoxy) is 1. The van der Waals surface area contributed by atoms with Crippen molar-refractivity contribution in [2.75, 3.05) is 51.3 Å².